The lowest BCUT2D eigenvalue weighted by Crippen LogP contribution is -2.21. The molecule has 1 heterocycles. The molecule has 0 aliphatic heterocycles. The first-order valence-corrected chi connectivity index (χ1v) is 11.0. The van der Waals surface area contributed by atoms with Crippen molar-refractivity contribution in [3.05, 3.63) is 54.7 Å². The molecule has 3 rings (SSSR count). The fraction of sp³-hybridized carbons (Fsp3) is 0.190. The zero-order valence-electron chi connectivity index (χ0n) is 16.8. The number of rotatable bonds is 8. The van der Waals surface area contributed by atoms with Crippen molar-refractivity contribution in [1.82, 2.24) is 9.97 Å². The maximum atomic E-state index is 11.8. The SMILES string of the molecule is C=S(N)(=O)c1ccc(Nc2ncc(-c3ccc(OC)cc3)c(N[C@H](C)CO)n2)cc1. The van der Waals surface area contributed by atoms with E-state index in [1.54, 1.807) is 37.6 Å². The lowest BCUT2D eigenvalue weighted by atomic mass is 10.1. The number of ether oxygens (including phenoxy) is 1. The molecule has 0 aliphatic carbocycles. The molecule has 0 aliphatic rings. The molecule has 3 aromatic rings. The minimum atomic E-state index is -2.76. The molecule has 158 valence electrons. The van der Waals surface area contributed by atoms with Gasteiger partial charge in [-0.25, -0.2) is 9.19 Å². The summed E-state index contributed by atoms with van der Waals surface area (Å²) in [6.07, 6.45) is 1.71. The Morgan fingerprint density at radius 1 is 1.20 bits per heavy atom. The topological polar surface area (TPSA) is 122 Å². The van der Waals surface area contributed by atoms with Gasteiger partial charge in [0.15, 0.2) is 0 Å². The quantitative estimate of drug-likeness (QED) is 0.408. The molecule has 1 aromatic heterocycles. The molecule has 2 aromatic carbocycles. The minimum absolute atomic E-state index is 0.0420. The molecule has 30 heavy (non-hydrogen) atoms. The van der Waals surface area contributed by atoms with E-state index in [9.17, 15) is 9.32 Å². The van der Waals surface area contributed by atoms with E-state index in [0.29, 0.717) is 22.3 Å². The molecule has 9 heteroatoms. The van der Waals surface area contributed by atoms with E-state index in [0.717, 1.165) is 16.9 Å². The van der Waals surface area contributed by atoms with E-state index in [1.807, 2.05) is 31.2 Å². The van der Waals surface area contributed by atoms with Gasteiger partial charge in [-0.1, -0.05) is 12.1 Å². The van der Waals surface area contributed by atoms with Crippen molar-refractivity contribution in [3.63, 3.8) is 0 Å². The van der Waals surface area contributed by atoms with Crippen LogP contribution in [0.15, 0.2) is 59.6 Å². The molecule has 0 spiro atoms. The number of aliphatic hydroxyl groups excluding tert-OH is 1. The van der Waals surface area contributed by atoms with Crippen LogP contribution < -0.4 is 20.5 Å². The van der Waals surface area contributed by atoms with Gasteiger partial charge in [0.2, 0.25) is 5.95 Å². The third-order valence-electron chi connectivity index (χ3n) is 4.36. The Morgan fingerprint density at radius 3 is 2.43 bits per heavy atom. The van der Waals surface area contributed by atoms with Gasteiger partial charge >= 0.3 is 0 Å². The number of aromatic nitrogens is 2. The molecule has 8 nitrogen and oxygen atoms in total. The van der Waals surface area contributed by atoms with Gasteiger partial charge in [0.25, 0.3) is 0 Å². The van der Waals surface area contributed by atoms with Crippen molar-refractivity contribution in [1.29, 1.82) is 0 Å². The summed E-state index contributed by atoms with van der Waals surface area (Å²) >= 11 is 0. The van der Waals surface area contributed by atoms with Crippen LogP contribution in [0.3, 0.4) is 0 Å². The van der Waals surface area contributed by atoms with Crippen LogP contribution in [-0.2, 0) is 9.71 Å². The summed E-state index contributed by atoms with van der Waals surface area (Å²) in [4.78, 5) is 9.45. The predicted molar refractivity (Wildman–Crippen MR) is 122 cm³/mol. The van der Waals surface area contributed by atoms with E-state index in [4.69, 9.17) is 9.88 Å². The summed E-state index contributed by atoms with van der Waals surface area (Å²) in [7, 11) is -1.14. The third kappa shape index (κ3) is 5.26. The monoisotopic (exact) mass is 427 g/mol. The van der Waals surface area contributed by atoms with E-state index in [-0.39, 0.29) is 12.6 Å². The molecule has 0 saturated carbocycles. The van der Waals surface area contributed by atoms with Crippen molar-refractivity contribution in [2.45, 2.75) is 17.9 Å². The highest BCUT2D eigenvalue weighted by Crippen LogP contribution is 2.29. The summed E-state index contributed by atoms with van der Waals surface area (Å²) in [6.45, 7) is 1.81. The number of aliphatic hydroxyl groups is 1. The molecule has 1 unspecified atom stereocenters. The summed E-state index contributed by atoms with van der Waals surface area (Å²) in [5, 5.41) is 21.3. The van der Waals surface area contributed by atoms with E-state index in [1.165, 1.54) is 0 Å². The number of nitrogens with zero attached hydrogens (tertiary/aromatic N) is 2. The molecular formula is C21H25N5O3S. The average molecular weight is 428 g/mol. The lowest BCUT2D eigenvalue weighted by Gasteiger charge is -2.17. The molecule has 0 saturated heterocycles. The van der Waals surface area contributed by atoms with E-state index < -0.39 is 9.71 Å². The minimum Gasteiger partial charge on any atom is -0.497 e. The summed E-state index contributed by atoms with van der Waals surface area (Å²) in [5.41, 5.74) is 2.41. The van der Waals surface area contributed by atoms with Gasteiger partial charge < -0.3 is 20.5 Å². The molecule has 0 radical (unpaired) electrons. The lowest BCUT2D eigenvalue weighted by molar-refractivity contribution is 0.281. The normalized spacial score (nSPS) is 13.9. The summed E-state index contributed by atoms with van der Waals surface area (Å²) < 4.78 is 17.0. The van der Waals surface area contributed by atoms with E-state index in [2.05, 4.69) is 26.5 Å². The molecule has 0 bridgehead atoms. The molecule has 0 fully saturated rings. The Hall–Kier alpha value is -3.14. The van der Waals surface area contributed by atoms with Crippen LogP contribution in [0.4, 0.5) is 17.5 Å². The van der Waals surface area contributed by atoms with Crippen molar-refractivity contribution in [3.8, 4) is 16.9 Å². The van der Waals surface area contributed by atoms with Crippen LogP contribution in [0.25, 0.3) is 11.1 Å². The Balaban J connectivity index is 1.91. The third-order valence-corrected chi connectivity index (χ3v) is 5.43. The highest BCUT2D eigenvalue weighted by atomic mass is 32.2. The number of nitrogens with two attached hydrogens (primary N) is 1. The zero-order chi connectivity index (χ0) is 21.7. The van der Waals surface area contributed by atoms with Crippen LogP contribution in [0.1, 0.15) is 6.92 Å². The van der Waals surface area contributed by atoms with Gasteiger partial charge in [0, 0.05) is 28.4 Å². The van der Waals surface area contributed by atoms with Gasteiger partial charge in [0.05, 0.1) is 23.4 Å². The maximum absolute atomic E-state index is 11.8. The number of hydrogen-bond acceptors (Lipinski definition) is 7. The van der Waals surface area contributed by atoms with Crippen molar-refractivity contribution >= 4 is 33.0 Å². The molecular weight excluding hydrogens is 402 g/mol. The van der Waals surface area contributed by atoms with Gasteiger partial charge in [0.1, 0.15) is 11.6 Å². The zero-order valence-corrected chi connectivity index (χ0v) is 17.6. The van der Waals surface area contributed by atoms with Gasteiger partial charge in [-0.05, 0) is 54.8 Å². The second kappa shape index (κ2) is 9.12. The smallest absolute Gasteiger partial charge is 0.229 e. The maximum Gasteiger partial charge on any atom is 0.229 e. The first kappa shape index (κ1) is 21.6. The van der Waals surface area contributed by atoms with Crippen LogP contribution in [0.5, 0.6) is 5.75 Å². The second-order valence-electron chi connectivity index (χ2n) is 6.79. The number of benzene rings is 2. The fourth-order valence-electron chi connectivity index (χ4n) is 2.71. The Kier molecular flexibility index (Phi) is 6.56. The molecule has 5 N–H and O–H groups in total. The molecule has 2 atom stereocenters. The molecule has 0 amide bonds. The van der Waals surface area contributed by atoms with Crippen LogP contribution >= 0.6 is 0 Å². The van der Waals surface area contributed by atoms with Crippen molar-refractivity contribution in [2.24, 2.45) is 5.14 Å². The number of hydrogen-bond donors (Lipinski definition) is 4. The van der Waals surface area contributed by atoms with Gasteiger partial charge in [-0.15, -0.1) is 0 Å². The first-order valence-electron chi connectivity index (χ1n) is 9.21. The Labute approximate surface area is 176 Å². The van der Waals surface area contributed by atoms with Gasteiger partial charge in [-0.2, -0.15) is 4.98 Å². The highest BCUT2D eigenvalue weighted by molar-refractivity contribution is 7.98. The Morgan fingerprint density at radius 2 is 1.87 bits per heavy atom. The number of anilines is 3. The van der Waals surface area contributed by atoms with Gasteiger partial charge in [-0.3, -0.25) is 5.14 Å². The fourth-order valence-corrected chi connectivity index (χ4v) is 3.31. The highest BCUT2D eigenvalue weighted by Gasteiger charge is 2.13. The van der Waals surface area contributed by atoms with E-state index >= 15 is 0 Å². The largest absolute Gasteiger partial charge is 0.497 e. The summed E-state index contributed by atoms with van der Waals surface area (Å²) in [5.74, 6) is 5.18. The van der Waals surface area contributed by atoms with Crippen LogP contribution in [0.2, 0.25) is 0 Å². The predicted octanol–water partition coefficient (Wildman–Crippen LogP) is 2.64. The number of nitrogens with one attached hydrogen (secondary N) is 2. The first-order chi connectivity index (χ1) is 14.3. The second-order valence-corrected chi connectivity index (χ2v) is 8.71. The average Bonchev–Trinajstić information content (AvgIpc) is 2.74. The van der Waals surface area contributed by atoms with Crippen LogP contribution in [-0.4, -0.2) is 44.9 Å². The van der Waals surface area contributed by atoms with Crippen LogP contribution in [0, 0.1) is 0 Å². The standard InChI is InChI=1S/C21H25N5O3S/c1-14(13-27)24-20-19(15-4-8-17(29-2)9-5-15)12-23-21(26-20)25-16-6-10-18(11-7-16)30(3,22)28/h4-12,14,27H,3,13H2,1-2H3,(H2,22,28)(H2,23,24,25,26)/t14-,30?/m1/s1. The van der Waals surface area contributed by atoms with Crippen molar-refractivity contribution in [2.75, 3.05) is 24.4 Å². The summed E-state index contributed by atoms with van der Waals surface area (Å²) in [6, 6.07) is 14.1. The number of methoxy groups -OCH3 is 1. The van der Waals surface area contributed by atoms with Crippen molar-refractivity contribution < 1.29 is 14.1 Å². The Bertz CT molecular complexity index is 1100.